The number of rotatable bonds is 4. The van der Waals surface area contributed by atoms with Crippen LogP contribution in [0.1, 0.15) is 6.92 Å². The van der Waals surface area contributed by atoms with Gasteiger partial charge in [0.05, 0.1) is 11.6 Å². The lowest BCUT2D eigenvalue weighted by Gasteiger charge is -2.01. The van der Waals surface area contributed by atoms with Gasteiger partial charge in [-0.1, -0.05) is 11.6 Å². The molecule has 0 spiro atoms. The van der Waals surface area contributed by atoms with Crippen molar-refractivity contribution in [2.75, 3.05) is 11.9 Å². The van der Waals surface area contributed by atoms with Crippen LogP contribution in [0.5, 0.6) is 0 Å². The molecule has 0 aliphatic carbocycles. The van der Waals surface area contributed by atoms with Crippen molar-refractivity contribution in [1.29, 1.82) is 5.26 Å². The van der Waals surface area contributed by atoms with E-state index in [1.165, 1.54) is 12.4 Å². The first-order valence-electron chi connectivity index (χ1n) is 4.83. The molecule has 1 heterocycles. The minimum absolute atomic E-state index is 0.122. The number of carbonyl (C=O) groups excluding carboxylic acids is 1. The molecule has 0 unspecified atom stereocenters. The second-order valence-electron chi connectivity index (χ2n) is 2.90. The van der Waals surface area contributed by atoms with Gasteiger partial charge >= 0.3 is 5.97 Å². The third-order valence-corrected chi connectivity index (χ3v) is 1.93. The van der Waals surface area contributed by atoms with Crippen LogP contribution in [0.2, 0.25) is 5.02 Å². The summed E-state index contributed by atoms with van der Waals surface area (Å²) in [5, 5.41) is 12.0. The van der Waals surface area contributed by atoms with E-state index in [9.17, 15) is 4.79 Å². The van der Waals surface area contributed by atoms with Gasteiger partial charge in [-0.05, 0) is 19.1 Å². The van der Waals surface area contributed by atoms with Gasteiger partial charge in [0, 0.05) is 12.4 Å². The van der Waals surface area contributed by atoms with Crippen LogP contribution in [-0.4, -0.2) is 17.6 Å². The molecular weight excluding hydrogens is 242 g/mol. The molecule has 1 aromatic heterocycles. The average molecular weight is 252 g/mol. The van der Waals surface area contributed by atoms with Gasteiger partial charge in [0.15, 0.2) is 5.57 Å². The highest BCUT2D eigenvalue weighted by Gasteiger charge is 2.08. The number of halogens is 1. The molecule has 0 aliphatic rings. The Labute approximate surface area is 104 Å². The molecule has 0 amide bonds. The molecule has 5 nitrogen and oxygen atoms in total. The van der Waals surface area contributed by atoms with Crippen molar-refractivity contribution in [1.82, 2.24) is 4.98 Å². The molecule has 0 aromatic carbocycles. The van der Waals surface area contributed by atoms with Crippen LogP contribution in [0, 0.1) is 11.3 Å². The molecule has 0 bridgehead atoms. The highest BCUT2D eigenvalue weighted by molar-refractivity contribution is 6.30. The number of carbonyl (C=O) groups is 1. The van der Waals surface area contributed by atoms with E-state index in [1.807, 2.05) is 0 Å². The Balaban J connectivity index is 2.71. The number of esters is 1. The third kappa shape index (κ3) is 4.13. The summed E-state index contributed by atoms with van der Waals surface area (Å²) in [5.41, 5.74) is -0.122. The van der Waals surface area contributed by atoms with Crippen molar-refractivity contribution in [2.24, 2.45) is 0 Å². The maximum atomic E-state index is 11.3. The first-order chi connectivity index (χ1) is 8.17. The Kier molecular flexibility index (Phi) is 4.98. The zero-order chi connectivity index (χ0) is 12.7. The van der Waals surface area contributed by atoms with Crippen molar-refractivity contribution in [3.05, 3.63) is 35.1 Å². The maximum Gasteiger partial charge on any atom is 0.350 e. The molecule has 88 valence electrons. The van der Waals surface area contributed by atoms with Crippen LogP contribution in [0.4, 0.5) is 5.82 Å². The summed E-state index contributed by atoms with van der Waals surface area (Å²) in [4.78, 5) is 15.2. The monoisotopic (exact) mass is 251 g/mol. The fourth-order valence-corrected chi connectivity index (χ4v) is 1.06. The molecule has 0 saturated carbocycles. The first-order valence-corrected chi connectivity index (χ1v) is 5.20. The van der Waals surface area contributed by atoms with Crippen LogP contribution in [0.15, 0.2) is 30.1 Å². The van der Waals surface area contributed by atoms with Crippen LogP contribution < -0.4 is 5.32 Å². The van der Waals surface area contributed by atoms with Crippen molar-refractivity contribution in [2.45, 2.75) is 6.92 Å². The van der Waals surface area contributed by atoms with Gasteiger partial charge in [0.1, 0.15) is 11.9 Å². The van der Waals surface area contributed by atoms with Crippen LogP contribution in [0.3, 0.4) is 0 Å². The summed E-state index contributed by atoms with van der Waals surface area (Å²) in [7, 11) is 0. The van der Waals surface area contributed by atoms with Crippen molar-refractivity contribution < 1.29 is 9.53 Å². The summed E-state index contributed by atoms with van der Waals surface area (Å²) in [6.45, 7) is 1.89. The molecule has 0 radical (unpaired) electrons. The molecule has 17 heavy (non-hydrogen) atoms. The molecular formula is C11H10ClN3O2. The van der Waals surface area contributed by atoms with E-state index >= 15 is 0 Å². The van der Waals surface area contributed by atoms with E-state index in [4.69, 9.17) is 21.6 Å². The minimum Gasteiger partial charge on any atom is -0.462 e. The lowest BCUT2D eigenvalue weighted by Crippen LogP contribution is -2.08. The highest BCUT2D eigenvalue weighted by Crippen LogP contribution is 2.10. The SMILES string of the molecule is CCOC(=O)C(C#N)=CNc1ccc(Cl)cn1. The summed E-state index contributed by atoms with van der Waals surface area (Å²) >= 11 is 5.66. The number of hydrogen-bond acceptors (Lipinski definition) is 5. The fourth-order valence-electron chi connectivity index (χ4n) is 0.953. The van der Waals surface area contributed by atoms with Gasteiger partial charge < -0.3 is 10.1 Å². The smallest absolute Gasteiger partial charge is 0.350 e. The number of anilines is 1. The molecule has 6 heteroatoms. The minimum atomic E-state index is -0.670. The highest BCUT2D eigenvalue weighted by atomic mass is 35.5. The molecule has 1 rings (SSSR count). The standard InChI is InChI=1S/C11H10ClN3O2/c1-2-17-11(16)8(5-13)6-14-10-4-3-9(12)7-15-10/h3-4,6-7H,2H2,1H3,(H,14,15). The molecule has 0 saturated heterocycles. The van der Waals surface area contributed by atoms with Crippen LogP contribution in [-0.2, 0) is 9.53 Å². The fraction of sp³-hybridized carbons (Fsp3) is 0.182. The number of nitrogens with one attached hydrogen (secondary N) is 1. The zero-order valence-corrected chi connectivity index (χ0v) is 9.86. The number of nitriles is 1. The number of nitrogens with zero attached hydrogens (tertiary/aromatic N) is 2. The second kappa shape index (κ2) is 6.51. The molecule has 1 N–H and O–H groups in total. The number of ether oxygens (including phenoxy) is 1. The molecule has 0 atom stereocenters. The Hall–Kier alpha value is -2.06. The quantitative estimate of drug-likeness (QED) is 0.504. The van der Waals surface area contributed by atoms with Gasteiger partial charge in [-0.3, -0.25) is 0 Å². The van der Waals surface area contributed by atoms with E-state index in [1.54, 1.807) is 25.1 Å². The third-order valence-electron chi connectivity index (χ3n) is 1.71. The van der Waals surface area contributed by atoms with Crippen LogP contribution in [0.25, 0.3) is 0 Å². The van der Waals surface area contributed by atoms with Crippen LogP contribution >= 0.6 is 11.6 Å². The van der Waals surface area contributed by atoms with Gasteiger partial charge in [0.25, 0.3) is 0 Å². The topological polar surface area (TPSA) is 75.0 Å². The van der Waals surface area contributed by atoms with E-state index in [0.29, 0.717) is 10.8 Å². The Morgan fingerprint density at radius 3 is 3.00 bits per heavy atom. The Morgan fingerprint density at radius 1 is 1.71 bits per heavy atom. The summed E-state index contributed by atoms with van der Waals surface area (Å²) in [5.74, 6) is -0.192. The Bertz CT molecular complexity index is 463. The van der Waals surface area contributed by atoms with E-state index in [2.05, 4.69) is 10.3 Å². The van der Waals surface area contributed by atoms with E-state index in [0.717, 1.165) is 0 Å². The number of pyridine rings is 1. The predicted octanol–water partition coefficient (Wildman–Crippen LogP) is 2.12. The predicted molar refractivity (Wildman–Crippen MR) is 63.2 cm³/mol. The molecule has 1 aromatic rings. The normalized spacial score (nSPS) is 10.5. The molecule has 0 aliphatic heterocycles. The van der Waals surface area contributed by atoms with E-state index < -0.39 is 5.97 Å². The number of hydrogen-bond donors (Lipinski definition) is 1. The summed E-state index contributed by atoms with van der Waals surface area (Å²) in [6, 6.07) is 5.00. The van der Waals surface area contributed by atoms with Gasteiger partial charge in [-0.2, -0.15) is 5.26 Å². The second-order valence-corrected chi connectivity index (χ2v) is 3.33. The summed E-state index contributed by atoms with van der Waals surface area (Å²) in [6.07, 6.45) is 2.70. The lowest BCUT2D eigenvalue weighted by atomic mass is 10.3. The van der Waals surface area contributed by atoms with Crippen molar-refractivity contribution in [3.63, 3.8) is 0 Å². The summed E-state index contributed by atoms with van der Waals surface area (Å²) < 4.78 is 4.69. The van der Waals surface area contributed by atoms with Gasteiger partial charge in [-0.15, -0.1) is 0 Å². The average Bonchev–Trinajstić information content (AvgIpc) is 2.32. The van der Waals surface area contributed by atoms with Gasteiger partial charge in [-0.25, -0.2) is 9.78 Å². The largest absolute Gasteiger partial charge is 0.462 e. The first kappa shape index (κ1) is 13.0. The number of aromatic nitrogens is 1. The lowest BCUT2D eigenvalue weighted by molar-refractivity contribution is -0.138. The Morgan fingerprint density at radius 2 is 2.47 bits per heavy atom. The molecule has 0 fully saturated rings. The van der Waals surface area contributed by atoms with Crippen molar-refractivity contribution >= 4 is 23.4 Å². The zero-order valence-electron chi connectivity index (χ0n) is 9.11. The van der Waals surface area contributed by atoms with E-state index in [-0.39, 0.29) is 12.2 Å². The maximum absolute atomic E-state index is 11.3. The van der Waals surface area contributed by atoms with Crippen molar-refractivity contribution in [3.8, 4) is 6.07 Å². The van der Waals surface area contributed by atoms with Gasteiger partial charge in [0.2, 0.25) is 0 Å².